The van der Waals surface area contributed by atoms with Gasteiger partial charge in [0.2, 0.25) is 5.91 Å². The van der Waals surface area contributed by atoms with Gasteiger partial charge in [-0.1, -0.05) is 6.07 Å². The van der Waals surface area contributed by atoms with Crippen molar-refractivity contribution in [1.29, 1.82) is 5.26 Å². The van der Waals surface area contributed by atoms with Crippen molar-refractivity contribution < 1.29 is 14.3 Å². The minimum atomic E-state index is -0.279. The number of ether oxygens (including phenoxy) is 2. The zero-order chi connectivity index (χ0) is 19.8. The first-order valence-electron chi connectivity index (χ1n) is 8.20. The molecule has 9 heteroatoms. The normalized spacial score (nSPS) is 10.4. The molecule has 1 N–H and O–H groups in total. The van der Waals surface area contributed by atoms with E-state index < -0.39 is 0 Å². The van der Waals surface area contributed by atoms with E-state index in [-0.39, 0.29) is 12.5 Å². The van der Waals surface area contributed by atoms with Crippen LogP contribution in [0.1, 0.15) is 5.56 Å². The van der Waals surface area contributed by atoms with Crippen molar-refractivity contribution in [1.82, 2.24) is 20.2 Å². The maximum atomic E-state index is 12.1. The van der Waals surface area contributed by atoms with E-state index in [0.717, 1.165) is 11.3 Å². The first-order chi connectivity index (χ1) is 13.7. The minimum Gasteiger partial charge on any atom is -0.493 e. The van der Waals surface area contributed by atoms with E-state index in [9.17, 15) is 4.79 Å². The molecule has 0 atom stereocenters. The van der Waals surface area contributed by atoms with Crippen LogP contribution in [0.15, 0.2) is 54.9 Å². The number of tetrazole rings is 1. The van der Waals surface area contributed by atoms with Gasteiger partial charge in [-0.05, 0) is 58.5 Å². The molecule has 3 aromatic rings. The van der Waals surface area contributed by atoms with Crippen LogP contribution in [-0.4, -0.2) is 39.8 Å². The van der Waals surface area contributed by atoms with E-state index in [1.165, 1.54) is 24.2 Å². The van der Waals surface area contributed by atoms with Crippen LogP contribution in [0.25, 0.3) is 11.8 Å². The molecule has 0 fully saturated rings. The Hall–Kier alpha value is -4.19. The second kappa shape index (κ2) is 8.95. The van der Waals surface area contributed by atoms with Crippen LogP contribution in [-0.2, 0) is 4.79 Å². The number of nitrogens with zero attached hydrogens (tertiary/aromatic N) is 5. The molecule has 1 amide bonds. The highest BCUT2D eigenvalue weighted by molar-refractivity contribution is 6.02. The highest BCUT2D eigenvalue weighted by Gasteiger charge is 2.05. The number of carbonyl (C=O) groups is 1. The van der Waals surface area contributed by atoms with Gasteiger partial charge in [-0.2, -0.15) is 5.26 Å². The Labute approximate surface area is 160 Å². The van der Waals surface area contributed by atoms with Crippen LogP contribution in [0, 0.1) is 11.3 Å². The highest BCUT2D eigenvalue weighted by atomic mass is 16.5. The first-order valence-corrected chi connectivity index (χ1v) is 8.20. The van der Waals surface area contributed by atoms with Gasteiger partial charge in [-0.15, -0.1) is 5.10 Å². The molecule has 0 radical (unpaired) electrons. The number of hydrogen-bond donors (Lipinski definition) is 1. The SMILES string of the molecule is COc1cc(/C=C/C(=O)Nc2ccc(-n3cnnn3)cc2)ccc1OCC#N. The number of nitriles is 1. The summed E-state index contributed by atoms with van der Waals surface area (Å²) in [5, 5.41) is 22.3. The second-order valence-corrected chi connectivity index (χ2v) is 5.48. The van der Waals surface area contributed by atoms with Crippen molar-refractivity contribution in [2.75, 3.05) is 19.0 Å². The summed E-state index contributed by atoms with van der Waals surface area (Å²) in [7, 11) is 1.51. The fraction of sp³-hybridized carbons (Fsp3) is 0.105. The van der Waals surface area contributed by atoms with E-state index in [0.29, 0.717) is 17.2 Å². The maximum absolute atomic E-state index is 12.1. The third kappa shape index (κ3) is 4.70. The molecule has 0 bridgehead atoms. The standard InChI is InChI=1S/C19H16N6O3/c1-27-18-12-14(2-8-17(18)28-11-10-20)3-9-19(26)22-15-4-6-16(7-5-15)25-13-21-23-24-25/h2-9,12-13H,11H2,1H3,(H,22,26)/b9-3+. The molecule has 0 aliphatic rings. The first kappa shape index (κ1) is 18.6. The lowest BCUT2D eigenvalue weighted by molar-refractivity contribution is -0.111. The Morgan fingerprint density at radius 3 is 2.75 bits per heavy atom. The number of aromatic nitrogens is 4. The molecule has 0 aliphatic heterocycles. The van der Waals surface area contributed by atoms with Gasteiger partial charge in [0.1, 0.15) is 12.4 Å². The molecule has 0 unspecified atom stereocenters. The zero-order valence-electron chi connectivity index (χ0n) is 14.9. The van der Waals surface area contributed by atoms with Crippen molar-refractivity contribution in [2.24, 2.45) is 0 Å². The molecule has 1 aromatic heterocycles. The van der Waals surface area contributed by atoms with Gasteiger partial charge in [0, 0.05) is 11.8 Å². The summed E-state index contributed by atoms with van der Waals surface area (Å²) in [6.07, 6.45) is 4.56. The summed E-state index contributed by atoms with van der Waals surface area (Å²) in [6, 6.07) is 14.2. The van der Waals surface area contributed by atoms with E-state index in [4.69, 9.17) is 14.7 Å². The number of benzene rings is 2. The smallest absolute Gasteiger partial charge is 0.248 e. The Morgan fingerprint density at radius 2 is 2.07 bits per heavy atom. The van der Waals surface area contributed by atoms with E-state index >= 15 is 0 Å². The topological polar surface area (TPSA) is 115 Å². The lowest BCUT2D eigenvalue weighted by Crippen LogP contribution is -2.07. The Balaban J connectivity index is 1.62. The second-order valence-electron chi connectivity index (χ2n) is 5.48. The summed E-state index contributed by atoms with van der Waals surface area (Å²) in [6.45, 7) is -0.0693. The predicted octanol–water partition coefficient (Wildman–Crippen LogP) is 2.23. The van der Waals surface area contributed by atoms with Crippen LogP contribution in [0.5, 0.6) is 11.5 Å². The summed E-state index contributed by atoms with van der Waals surface area (Å²) in [5.74, 6) is 0.670. The quantitative estimate of drug-likeness (QED) is 0.629. The number of anilines is 1. The van der Waals surface area contributed by atoms with Crippen molar-refractivity contribution in [3.05, 3.63) is 60.4 Å². The molecular weight excluding hydrogens is 360 g/mol. The number of rotatable bonds is 7. The van der Waals surface area contributed by atoms with Gasteiger partial charge in [0.05, 0.1) is 12.8 Å². The average Bonchev–Trinajstić information content (AvgIpc) is 3.26. The molecule has 3 rings (SSSR count). The Morgan fingerprint density at radius 1 is 1.25 bits per heavy atom. The molecule has 9 nitrogen and oxygen atoms in total. The monoisotopic (exact) mass is 376 g/mol. The molecule has 2 aromatic carbocycles. The van der Waals surface area contributed by atoms with Gasteiger partial charge >= 0.3 is 0 Å². The third-order valence-electron chi connectivity index (χ3n) is 3.66. The zero-order valence-corrected chi connectivity index (χ0v) is 14.9. The largest absolute Gasteiger partial charge is 0.493 e. The van der Waals surface area contributed by atoms with Crippen molar-refractivity contribution in [2.45, 2.75) is 0 Å². The Kier molecular flexibility index (Phi) is 5.95. The lowest BCUT2D eigenvalue weighted by Gasteiger charge is -2.08. The molecule has 0 spiro atoms. The van der Waals surface area contributed by atoms with Crippen LogP contribution in [0.2, 0.25) is 0 Å². The number of hydrogen-bond acceptors (Lipinski definition) is 7. The fourth-order valence-electron chi connectivity index (χ4n) is 2.35. The van der Waals surface area contributed by atoms with E-state index in [1.807, 2.05) is 6.07 Å². The van der Waals surface area contributed by atoms with Crippen LogP contribution in [0.4, 0.5) is 5.69 Å². The van der Waals surface area contributed by atoms with Gasteiger partial charge in [0.25, 0.3) is 0 Å². The molecule has 0 saturated heterocycles. The van der Waals surface area contributed by atoms with Crippen molar-refractivity contribution in [3.8, 4) is 23.3 Å². The fourth-order valence-corrected chi connectivity index (χ4v) is 2.35. The molecule has 28 heavy (non-hydrogen) atoms. The highest BCUT2D eigenvalue weighted by Crippen LogP contribution is 2.28. The van der Waals surface area contributed by atoms with Gasteiger partial charge < -0.3 is 14.8 Å². The van der Waals surface area contributed by atoms with E-state index in [2.05, 4.69) is 20.8 Å². The van der Waals surface area contributed by atoms with E-state index in [1.54, 1.807) is 48.5 Å². The maximum Gasteiger partial charge on any atom is 0.248 e. The number of nitrogens with one attached hydrogen (secondary N) is 1. The summed E-state index contributed by atoms with van der Waals surface area (Å²) >= 11 is 0. The van der Waals surface area contributed by atoms with Crippen LogP contribution in [0.3, 0.4) is 0 Å². The summed E-state index contributed by atoms with van der Waals surface area (Å²) in [4.78, 5) is 12.1. The molecule has 1 heterocycles. The van der Waals surface area contributed by atoms with Gasteiger partial charge in [-0.3, -0.25) is 4.79 Å². The molecule has 0 saturated carbocycles. The van der Waals surface area contributed by atoms with Gasteiger partial charge in [-0.25, -0.2) is 4.68 Å². The predicted molar refractivity (Wildman–Crippen MR) is 101 cm³/mol. The minimum absolute atomic E-state index is 0.0693. The lowest BCUT2D eigenvalue weighted by atomic mass is 10.2. The number of carbonyl (C=O) groups excluding carboxylic acids is 1. The number of amides is 1. The molecule has 0 aliphatic carbocycles. The number of methoxy groups -OCH3 is 1. The summed E-state index contributed by atoms with van der Waals surface area (Å²) in [5.41, 5.74) is 2.18. The van der Waals surface area contributed by atoms with Gasteiger partial charge in [0.15, 0.2) is 18.1 Å². The average molecular weight is 376 g/mol. The molecular formula is C19H16N6O3. The van der Waals surface area contributed by atoms with Crippen LogP contribution < -0.4 is 14.8 Å². The van der Waals surface area contributed by atoms with Crippen molar-refractivity contribution in [3.63, 3.8) is 0 Å². The third-order valence-corrected chi connectivity index (χ3v) is 3.66. The summed E-state index contributed by atoms with van der Waals surface area (Å²) < 4.78 is 12.0. The molecule has 140 valence electrons. The Bertz CT molecular complexity index is 1010. The van der Waals surface area contributed by atoms with Crippen LogP contribution >= 0.6 is 0 Å². The van der Waals surface area contributed by atoms with Crippen molar-refractivity contribution >= 4 is 17.7 Å².